The van der Waals surface area contributed by atoms with Gasteiger partial charge < -0.3 is 15.4 Å². The number of ether oxygens (including phenoxy) is 1. The zero-order chi connectivity index (χ0) is 13.7. The first-order valence-electron chi connectivity index (χ1n) is 5.64. The van der Waals surface area contributed by atoms with Crippen molar-refractivity contribution in [2.75, 3.05) is 26.4 Å². The molecule has 6 heteroatoms. The van der Waals surface area contributed by atoms with Crippen LogP contribution in [0.5, 0.6) is 0 Å². The summed E-state index contributed by atoms with van der Waals surface area (Å²) in [6.07, 6.45) is 0.911. The number of amides is 1. The normalized spacial score (nSPS) is 10.2. The largest absolute Gasteiger partial charge is 0.469 e. The van der Waals surface area contributed by atoms with Gasteiger partial charge in [-0.3, -0.25) is 9.59 Å². The number of hydrogen-bond donors (Lipinski definition) is 1. The molecule has 2 N–H and O–H groups in total. The van der Waals surface area contributed by atoms with Crippen molar-refractivity contribution < 1.29 is 14.3 Å². The molecule has 0 atom stereocenters. The number of rotatable bonds is 5. The van der Waals surface area contributed by atoms with E-state index >= 15 is 0 Å². The van der Waals surface area contributed by atoms with Gasteiger partial charge in [0.2, 0.25) is 0 Å². The van der Waals surface area contributed by atoms with E-state index in [1.165, 1.54) is 18.4 Å². The van der Waals surface area contributed by atoms with E-state index in [-0.39, 0.29) is 11.9 Å². The fourth-order valence-electron chi connectivity index (χ4n) is 1.45. The van der Waals surface area contributed by atoms with Crippen molar-refractivity contribution in [1.29, 1.82) is 0 Å². The summed E-state index contributed by atoms with van der Waals surface area (Å²) in [7, 11) is 3.07. The number of thiophene rings is 1. The van der Waals surface area contributed by atoms with Gasteiger partial charge in [-0.1, -0.05) is 0 Å². The maximum absolute atomic E-state index is 12.0. The van der Waals surface area contributed by atoms with E-state index in [1.54, 1.807) is 18.0 Å². The third-order valence-corrected chi connectivity index (χ3v) is 3.67. The van der Waals surface area contributed by atoms with E-state index in [9.17, 15) is 9.59 Å². The van der Waals surface area contributed by atoms with Crippen LogP contribution in [0.3, 0.4) is 0 Å². The van der Waals surface area contributed by atoms with E-state index in [1.807, 2.05) is 6.92 Å². The minimum Gasteiger partial charge on any atom is -0.469 e. The van der Waals surface area contributed by atoms with Crippen LogP contribution in [0.4, 0.5) is 5.69 Å². The number of aryl methyl sites for hydroxylation is 1. The van der Waals surface area contributed by atoms with Crippen LogP contribution in [0.15, 0.2) is 6.07 Å². The Kier molecular flexibility index (Phi) is 5.15. The molecular weight excluding hydrogens is 252 g/mol. The summed E-state index contributed by atoms with van der Waals surface area (Å²) in [4.78, 5) is 26.1. The molecule has 18 heavy (non-hydrogen) atoms. The summed E-state index contributed by atoms with van der Waals surface area (Å²) in [6.45, 7) is 2.40. The highest BCUT2D eigenvalue weighted by Crippen LogP contribution is 2.24. The first-order valence-corrected chi connectivity index (χ1v) is 6.45. The van der Waals surface area contributed by atoms with Crippen LogP contribution in [0.25, 0.3) is 0 Å². The maximum Gasteiger partial charge on any atom is 0.305 e. The number of carbonyl (C=O) groups excluding carboxylic acids is 2. The molecular formula is C12H18N2O3S. The summed E-state index contributed by atoms with van der Waals surface area (Å²) in [6, 6.07) is 1.69. The first kappa shape index (κ1) is 14.5. The molecule has 1 aromatic heterocycles. The van der Waals surface area contributed by atoms with Gasteiger partial charge in [0.05, 0.1) is 12.0 Å². The molecule has 0 saturated heterocycles. The van der Waals surface area contributed by atoms with Crippen molar-refractivity contribution in [2.24, 2.45) is 0 Å². The van der Waals surface area contributed by atoms with Gasteiger partial charge in [0.25, 0.3) is 5.91 Å². The van der Waals surface area contributed by atoms with Gasteiger partial charge in [-0.25, -0.2) is 0 Å². The molecule has 1 amide bonds. The molecule has 0 aliphatic carbocycles. The second kappa shape index (κ2) is 6.39. The minimum atomic E-state index is -0.257. The lowest BCUT2D eigenvalue weighted by Gasteiger charge is -2.15. The van der Waals surface area contributed by atoms with E-state index < -0.39 is 0 Å². The molecule has 5 nitrogen and oxygen atoms in total. The third kappa shape index (κ3) is 3.73. The molecule has 0 saturated carbocycles. The summed E-state index contributed by atoms with van der Waals surface area (Å²) in [5.74, 6) is -0.322. The van der Waals surface area contributed by atoms with Crippen molar-refractivity contribution in [3.05, 3.63) is 15.8 Å². The van der Waals surface area contributed by atoms with Crippen LogP contribution in [0.1, 0.15) is 27.4 Å². The van der Waals surface area contributed by atoms with Crippen molar-refractivity contribution in [3.63, 3.8) is 0 Å². The van der Waals surface area contributed by atoms with Crippen molar-refractivity contribution in [3.8, 4) is 0 Å². The van der Waals surface area contributed by atoms with Gasteiger partial charge in [0, 0.05) is 30.6 Å². The lowest BCUT2D eigenvalue weighted by molar-refractivity contribution is -0.140. The van der Waals surface area contributed by atoms with Gasteiger partial charge in [-0.2, -0.15) is 0 Å². The Morgan fingerprint density at radius 3 is 2.67 bits per heavy atom. The zero-order valence-corrected chi connectivity index (χ0v) is 11.7. The van der Waals surface area contributed by atoms with Crippen LogP contribution >= 0.6 is 11.3 Å². The van der Waals surface area contributed by atoms with Crippen molar-refractivity contribution >= 4 is 28.9 Å². The fraction of sp³-hybridized carbons (Fsp3) is 0.500. The van der Waals surface area contributed by atoms with Gasteiger partial charge in [-0.15, -0.1) is 11.3 Å². The second-order valence-electron chi connectivity index (χ2n) is 4.03. The van der Waals surface area contributed by atoms with Crippen molar-refractivity contribution in [1.82, 2.24) is 4.90 Å². The number of methoxy groups -OCH3 is 1. The van der Waals surface area contributed by atoms with Crippen LogP contribution in [-0.4, -0.2) is 37.5 Å². The van der Waals surface area contributed by atoms with Gasteiger partial charge in [0.1, 0.15) is 0 Å². The Morgan fingerprint density at radius 1 is 1.50 bits per heavy atom. The lowest BCUT2D eigenvalue weighted by Crippen LogP contribution is -2.27. The zero-order valence-electron chi connectivity index (χ0n) is 10.9. The molecule has 0 bridgehead atoms. The van der Waals surface area contributed by atoms with Gasteiger partial charge in [-0.05, 0) is 19.4 Å². The molecule has 0 aliphatic heterocycles. The van der Waals surface area contributed by atoms with Crippen LogP contribution in [0.2, 0.25) is 0 Å². The highest BCUT2D eigenvalue weighted by atomic mass is 32.1. The molecule has 0 aliphatic rings. The SMILES string of the molecule is COC(=O)CCCN(C)C(=O)c1cc(N)c(C)s1. The molecule has 0 spiro atoms. The number of esters is 1. The molecule has 0 unspecified atom stereocenters. The van der Waals surface area contributed by atoms with Crippen LogP contribution in [0, 0.1) is 6.92 Å². The van der Waals surface area contributed by atoms with Gasteiger partial charge >= 0.3 is 5.97 Å². The van der Waals surface area contributed by atoms with E-state index in [0.29, 0.717) is 30.0 Å². The summed E-state index contributed by atoms with van der Waals surface area (Å²) in [5.41, 5.74) is 6.36. The second-order valence-corrected chi connectivity index (χ2v) is 5.28. The van der Waals surface area contributed by atoms with Crippen molar-refractivity contribution in [2.45, 2.75) is 19.8 Å². The minimum absolute atomic E-state index is 0.0651. The van der Waals surface area contributed by atoms with Crippen LogP contribution in [-0.2, 0) is 9.53 Å². The molecule has 0 aromatic carbocycles. The lowest BCUT2D eigenvalue weighted by atomic mass is 10.3. The molecule has 1 aromatic rings. The van der Waals surface area contributed by atoms with E-state index in [0.717, 1.165) is 4.88 Å². The average Bonchev–Trinajstić information content (AvgIpc) is 2.68. The smallest absolute Gasteiger partial charge is 0.305 e. The summed E-state index contributed by atoms with van der Waals surface area (Å²) in [5, 5.41) is 0. The Labute approximate surface area is 111 Å². The van der Waals surface area contributed by atoms with Gasteiger partial charge in [0.15, 0.2) is 0 Å². The highest BCUT2D eigenvalue weighted by Gasteiger charge is 2.15. The predicted octanol–water partition coefficient (Wildman–Crippen LogP) is 1.66. The molecule has 0 fully saturated rings. The molecule has 1 rings (SSSR count). The molecule has 0 radical (unpaired) electrons. The topological polar surface area (TPSA) is 72.6 Å². The Morgan fingerprint density at radius 2 is 2.17 bits per heavy atom. The third-order valence-electron chi connectivity index (χ3n) is 2.62. The first-order chi connectivity index (χ1) is 8.45. The fourth-order valence-corrected chi connectivity index (χ4v) is 2.39. The van der Waals surface area contributed by atoms with Crippen LogP contribution < -0.4 is 5.73 Å². The predicted molar refractivity (Wildman–Crippen MR) is 71.7 cm³/mol. The Balaban J connectivity index is 2.49. The number of nitrogen functional groups attached to an aromatic ring is 1. The summed E-state index contributed by atoms with van der Waals surface area (Å²) >= 11 is 1.39. The number of carbonyl (C=O) groups is 2. The summed E-state index contributed by atoms with van der Waals surface area (Å²) < 4.78 is 4.54. The maximum atomic E-state index is 12.0. The Bertz CT molecular complexity index is 423. The monoisotopic (exact) mass is 270 g/mol. The number of anilines is 1. The van der Waals surface area contributed by atoms with E-state index in [2.05, 4.69) is 4.74 Å². The molecule has 100 valence electrons. The number of nitrogens with two attached hydrogens (primary N) is 1. The molecule has 1 heterocycles. The number of nitrogens with zero attached hydrogens (tertiary/aromatic N) is 1. The average molecular weight is 270 g/mol. The Hall–Kier alpha value is -1.56. The highest BCUT2D eigenvalue weighted by molar-refractivity contribution is 7.14. The quantitative estimate of drug-likeness (QED) is 0.826. The van der Waals surface area contributed by atoms with E-state index in [4.69, 9.17) is 5.73 Å². The number of hydrogen-bond acceptors (Lipinski definition) is 5. The standard InChI is InChI=1S/C12H18N2O3S/c1-8-9(13)7-10(18-8)12(16)14(2)6-4-5-11(15)17-3/h7H,4-6,13H2,1-3H3.